The summed E-state index contributed by atoms with van der Waals surface area (Å²) < 4.78 is 42.6. The van der Waals surface area contributed by atoms with Crippen LogP contribution in [0, 0.1) is 12.7 Å². The van der Waals surface area contributed by atoms with E-state index in [1.54, 1.807) is 43.0 Å². The molecule has 0 atom stereocenters. The van der Waals surface area contributed by atoms with E-state index >= 15 is 0 Å². The summed E-state index contributed by atoms with van der Waals surface area (Å²) in [5.41, 5.74) is 1.09. The molecule has 0 spiro atoms. The van der Waals surface area contributed by atoms with Gasteiger partial charge in [-0.15, -0.1) is 11.8 Å². The Bertz CT molecular complexity index is 1080. The molecule has 0 aliphatic rings. The number of hydrogen-bond acceptors (Lipinski definition) is 4. The number of aromatic nitrogens is 1. The molecule has 1 heterocycles. The van der Waals surface area contributed by atoms with Gasteiger partial charge in [-0.1, -0.05) is 15.9 Å². The van der Waals surface area contributed by atoms with Gasteiger partial charge in [0, 0.05) is 32.7 Å². The fourth-order valence-corrected chi connectivity index (χ4v) is 6.03. The molecule has 0 saturated heterocycles. The van der Waals surface area contributed by atoms with Crippen LogP contribution in [0.4, 0.5) is 4.39 Å². The summed E-state index contributed by atoms with van der Waals surface area (Å²) in [5.74, 6) is 0.400. The molecular formula is C19H20BrFN2O2S2. The van der Waals surface area contributed by atoms with Crippen molar-refractivity contribution in [3.8, 4) is 0 Å². The third-order valence-electron chi connectivity index (χ3n) is 4.19. The monoisotopic (exact) mass is 470 g/mol. The fraction of sp³-hybridized carbons (Fsp3) is 0.263. The molecule has 8 heteroatoms. The largest absolute Gasteiger partial charge is 0.309 e. The van der Waals surface area contributed by atoms with Crippen LogP contribution in [-0.2, 0) is 10.0 Å². The molecule has 0 bridgehead atoms. The number of fused-ring (bicyclic) bond motifs is 1. The first-order valence-corrected chi connectivity index (χ1v) is 11.5. The summed E-state index contributed by atoms with van der Waals surface area (Å²) in [6, 6.07) is 10.8. The van der Waals surface area contributed by atoms with Crippen LogP contribution < -0.4 is 0 Å². The Morgan fingerprint density at radius 2 is 1.81 bits per heavy atom. The van der Waals surface area contributed by atoms with Gasteiger partial charge < -0.3 is 4.90 Å². The molecule has 0 radical (unpaired) electrons. The predicted octanol–water partition coefficient (Wildman–Crippen LogP) is 4.74. The SMILES string of the molecule is Cc1c(SCCN(C)C)c2cc(F)ccc2n1S(=O)(=O)c1ccc(Br)cc1. The van der Waals surface area contributed by atoms with Gasteiger partial charge in [0.2, 0.25) is 0 Å². The highest BCUT2D eigenvalue weighted by Crippen LogP contribution is 2.36. The van der Waals surface area contributed by atoms with Gasteiger partial charge in [-0.3, -0.25) is 0 Å². The minimum atomic E-state index is -3.80. The summed E-state index contributed by atoms with van der Waals surface area (Å²) >= 11 is 4.87. The Kier molecular flexibility index (Phi) is 6.00. The number of benzene rings is 2. The Labute approximate surface area is 171 Å². The third-order valence-corrected chi connectivity index (χ3v) is 7.73. The Morgan fingerprint density at radius 3 is 2.44 bits per heavy atom. The van der Waals surface area contributed by atoms with Crippen molar-refractivity contribution in [1.82, 2.24) is 8.87 Å². The molecule has 0 fully saturated rings. The number of hydrogen-bond donors (Lipinski definition) is 0. The van der Waals surface area contributed by atoms with E-state index in [4.69, 9.17) is 0 Å². The van der Waals surface area contributed by atoms with Gasteiger partial charge >= 0.3 is 0 Å². The van der Waals surface area contributed by atoms with Crippen LogP contribution in [0.25, 0.3) is 10.9 Å². The molecule has 3 aromatic rings. The third kappa shape index (κ3) is 4.08. The number of halogens is 2. The van der Waals surface area contributed by atoms with Gasteiger partial charge in [0.1, 0.15) is 5.82 Å². The number of thioether (sulfide) groups is 1. The van der Waals surface area contributed by atoms with Crippen LogP contribution in [0.15, 0.2) is 56.7 Å². The first-order chi connectivity index (χ1) is 12.7. The van der Waals surface area contributed by atoms with Crippen LogP contribution in [0.5, 0.6) is 0 Å². The molecule has 3 rings (SSSR count). The van der Waals surface area contributed by atoms with E-state index in [1.807, 2.05) is 14.1 Å². The van der Waals surface area contributed by atoms with E-state index in [9.17, 15) is 12.8 Å². The van der Waals surface area contributed by atoms with Crippen molar-refractivity contribution in [2.75, 3.05) is 26.4 Å². The maximum absolute atomic E-state index is 13.9. The van der Waals surface area contributed by atoms with Crippen molar-refractivity contribution >= 4 is 48.6 Å². The highest BCUT2D eigenvalue weighted by atomic mass is 79.9. The van der Waals surface area contributed by atoms with Crippen molar-refractivity contribution < 1.29 is 12.8 Å². The molecule has 1 aromatic heterocycles. The predicted molar refractivity (Wildman–Crippen MR) is 113 cm³/mol. The summed E-state index contributed by atoms with van der Waals surface area (Å²) in [7, 11) is 0.164. The van der Waals surface area contributed by atoms with Gasteiger partial charge in [-0.2, -0.15) is 0 Å². The van der Waals surface area contributed by atoms with Gasteiger partial charge in [-0.25, -0.2) is 16.8 Å². The highest BCUT2D eigenvalue weighted by molar-refractivity contribution is 9.10. The average molecular weight is 471 g/mol. The molecule has 4 nitrogen and oxygen atoms in total. The van der Waals surface area contributed by atoms with Crippen molar-refractivity contribution in [2.24, 2.45) is 0 Å². The van der Waals surface area contributed by atoms with Crippen molar-refractivity contribution in [1.29, 1.82) is 0 Å². The molecule has 0 saturated carbocycles. The van der Waals surface area contributed by atoms with Gasteiger partial charge in [0.05, 0.1) is 10.4 Å². The first-order valence-electron chi connectivity index (χ1n) is 8.31. The van der Waals surface area contributed by atoms with Crippen LogP contribution in [0.1, 0.15) is 5.69 Å². The second-order valence-corrected chi connectivity index (χ2v) is 10.3. The summed E-state index contributed by atoms with van der Waals surface area (Å²) in [6.45, 7) is 2.61. The van der Waals surface area contributed by atoms with Crippen LogP contribution in [-0.4, -0.2) is 43.7 Å². The zero-order valence-electron chi connectivity index (χ0n) is 15.2. The van der Waals surface area contributed by atoms with E-state index in [0.717, 1.165) is 21.7 Å². The van der Waals surface area contributed by atoms with Crippen molar-refractivity contribution in [3.05, 3.63) is 58.4 Å². The standard InChI is InChI=1S/C19H20BrFN2O2S2/c1-13-19(26-11-10-22(2)3)17-12-15(21)6-9-18(17)23(13)27(24,25)16-7-4-14(20)5-8-16/h4-9,12H,10-11H2,1-3H3. The fourth-order valence-electron chi connectivity index (χ4n) is 2.87. The summed E-state index contributed by atoms with van der Waals surface area (Å²) in [5, 5.41) is 0.622. The zero-order chi connectivity index (χ0) is 19.8. The Morgan fingerprint density at radius 1 is 1.15 bits per heavy atom. The van der Waals surface area contributed by atoms with Crippen molar-refractivity contribution in [2.45, 2.75) is 16.7 Å². The van der Waals surface area contributed by atoms with Gasteiger partial charge in [-0.05, 0) is 63.5 Å². The Balaban J connectivity index is 2.18. The molecule has 144 valence electrons. The lowest BCUT2D eigenvalue weighted by molar-refractivity contribution is 0.437. The summed E-state index contributed by atoms with van der Waals surface area (Å²) in [6.07, 6.45) is 0. The lowest BCUT2D eigenvalue weighted by Gasteiger charge is -2.11. The lowest BCUT2D eigenvalue weighted by atomic mass is 10.2. The zero-order valence-corrected chi connectivity index (χ0v) is 18.5. The van der Waals surface area contributed by atoms with Gasteiger partial charge in [0.25, 0.3) is 10.0 Å². The van der Waals surface area contributed by atoms with E-state index in [1.165, 1.54) is 22.2 Å². The molecule has 0 aliphatic carbocycles. The number of nitrogens with zero attached hydrogens (tertiary/aromatic N) is 2. The molecule has 0 unspecified atom stereocenters. The molecule has 27 heavy (non-hydrogen) atoms. The summed E-state index contributed by atoms with van der Waals surface area (Å²) in [4.78, 5) is 3.05. The smallest absolute Gasteiger partial charge is 0.268 e. The average Bonchev–Trinajstić information content (AvgIpc) is 2.87. The van der Waals surface area contributed by atoms with Crippen LogP contribution in [0.2, 0.25) is 0 Å². The Hall–Kier alpha value is -1.35. The normalized spacial score (nSPS) is 12.2. The highest BCUT2D eigenvalue weighted by Gasteiger charge is 2.25. The van der Waals surface area contributed by atoms with Gasteiger partial charge in [0.15, 0.2) is 0 Å². The molecule has 0 aliphatic heterocycles. The minimum Gasteiger partial charge on any atom is -0.309 e. The topological polar surface area (TPSA) is 42.3 Å². The van der Waals surface area contributed by atoms with Crippen LogP contribution >= 0.6 is 27.7 Å². The maximum Gasteiger partial charge on any atom is 0.268 e. The van der Waals surface area contributed by atoms with Crippen molar-refractivity contribution in [3.63, 3.8) is 0 Å². The minimum absolute atomic E-state index is 0.194. The van der Waals surface area contributed by atoms with E-state index in [0.29, 0.717) is 16.6 Å². The van der Waals surface area contributed by atoms with E-state index in [-0.39, 0.29) is 10.7 Å². The second kappa shape index (κ2) is 7.95. The molecule has 2 aromatic carbocycles. The molecular weight excluding hydrogens is 451 g/mol. The number of rotatable bonds is 6. The maximum atomic E-state index is 13.9. The lowest BCUT2D eigenvalue weighted by Crippen LogP contribution is -2.15. The molecule has 0 amide bonds. The second-order valence-electron chi connectivity index (χ2n) is 6.45. The van der Waals surface area contributed by atoms with Crippen LogP contribution in [0.3, 0.4) is 0 Å². The van der Waals surface area contributed by atoms with E-state index in [2.05, 4.69) is 20.8 Å². The first kappa shape index (κ1) is 20.4. The quantitative estimate of drug-likeness (QED) is 0.487. The van der Waals surface area contributed by atoms with E-state index < -0.39 is 10.0 Å². The molecule has 0 N–H and O–H groups in total.